The maximum atomic E-state index is 11.3. The molecule has 0 aromatic heterocycles. The van der Waals surface area contributed by atoms with Gasteiger partial charge in [-0.25, -0.2) is 0 Å². The zero-order valence-corrected chi connectivity index (χ0v) is 8.31. The number of carbonyl (C=O) groups excluding carboxylic acids is 1. The van der Waals surface area contributed by atoms with Gasteiger partial charge in [0, 0.05) is 12.3 Å². The quantitative estimate of drug-likeness (QED) is 0.630. The first-order valence-electron chi connectivity index (χ1n) is 5.26. The Kier molecular flexibility index (Phi) is 3.77. The molecule has 1 aliphatic rings. The smallest absolute Gasteiger partial charge is 0.135 e. The van der Waals surface area contributed by atoms with E-state index in [1.165, 1.54) is 12.8 Å². The van der Waals surface area contributed by atoms with E-state index in [2.05, 4.69) is 13.8 Å². The monoisotopic (exact) mass is 168 g/mol. The lowest BCUT2D eigenvalue weighted by atomic mass is 9.94. The van der Waals surface area contributed by atoms with Crippen LogP contribution in [0.5, 0.6) is 0 Å². The molecule has 0 heterocycles. The largest absolute Gasteiger partial charge is 0.299 e. The lowest BCUT2D eigenvalue weighted by molar-refractivity contribution is -0.120. The second kappa shape index (κ2) is 4.64. The van der Waals surface area contributed by atoms with Crippen molar-refractivity contribution in [1.82, 2.24) is 0 Å². The average molecular weight is 168 g/mol. The van der Waals surface area contributed by atoms with Gasteiger partial charge in [-0.2, -0.15) is 0 Å². The highest BCUT2D eigenvalue weighted by molar-refractivity contribution is 5.82. The summed E-state index contributed by atoms with van der Waals surface area (Å²) in [6.07, 6.45) is 6.80. The Bertz CT molecular complexity index is 151. The third-order valence-corrected chi connectivity index (χ3v) is 3.14. The van der Waals surface area contributed by atoms with E-state index in [0.717, 1.165) is 31.6 Å². The van der Waals surface area contributed by atoms with Crippen molar-refractivity contribution < 1.29 is 4.79 Å². The van der Waals surface area contributed by atoms with Crippen LogP contribution >= 0.6 is 0 Å². The Morgan fingerprint density at radius 2 is 2.33 bits per heavy atom. The number of carbonyl (C=O) groups is 1. The van der Waals surface area contributed by atoms with Gasteiger partial charge in [0.2, 0.25) is 0 Å². The van der Waals surface area contributed by atoms with Gasteiger partial charge in [0.05, 0.1) is 0 Å². The molecule has 1 nitrogen and oxygen atoms in total. The van der Waals surface area contributed by atoms with E-state index in [0.29, 0.717) is 11.7 Å². The first kappa shape index (κ1) is 9.76. The number of ketones is 1. The van der Waals surface area contributed by atoms with Gasteiger partial charge in [0.25, 0.3) is 0 Å². The summed E-state index contributed by atoms with van der Waals surface area (Å²) in [7, 11) is 0. The van der Waals surface area contributed by atoms with Crippen LogP contribution in [0, 0.1) is 11.8 Å². The fraction of sp³-hybridized carbons (Fsp3) is 0.909. The normalized spacial score (nSPS) is 26.2. The Morgan fingerprint density at radius 1 is 1.58 bits per heavy atom. The van der Waals surface area contributed by atoms with Crippen LogP contribution in [-0.4, -0.2) is 5.78 Å². The number of hydrogen-bond acceptors (Lipinski definition) is 1. The SMILES string of the molecule is CCC(C)CCC1CCCC1=O. The predicted octanol–water partition coefficient (Wildman–Crippen LogP) is 3.18. The van der Waals surface area contributed by atoms with E-state index in [1.807, 2.05) is 0 Å². The summed E-state index contributed by atoms with van der Waals surface area (Å²) < 4.78 is 0. The fourth-order valence-corrected chi connectivity index (χ4v) is 1.88. The second-order valence-corrected chi connectivity index (χ2v) is 4.15. The maximum absolute atomic E-state index is 11.3. The van der Waals surface area contributed by atoms with Crippen molar-refractivity contribution >= 4 is 5.78 Å². The third kappa shape index (κ3) is 2.62. The molecule has 12 heavy (non-hydrogen) atoms. The molecule has 0 aliphatic heterocycles. The van der Waals surface area contributed by atoms with E-state index in [1.54, 1.807) is 0 Å². The van der Waals surface area contributed by atoms with E-state index in [4.69, 9.17) is 0 Å². The van der Waals surface area contributed by atoms with Gasteiger partial charge in [-0.15, -0.1) is 0 Å². The molecule has 1 saturated carbocycles. The minimum atomic E-state index is 0.430. The van der Waals surface area contributed by atoms with Crippen LogP contribution in [0.4, 0.5) is 0 Å². The summed E-state index contributed by atoms with van der Waals surface area (Å²) in [6, 6.07) is 0. The van der Waals surface area contributed by atoms with Crippen LogP contribution in [0.3, 0.4) is 0 Å². The van der Waals surface area contributed by atoms with E-state index < -0.39 is 0 Å². The number of Topliss-reactive ketones (excluding diaryl/α,β-unsaturated/α-hetero) is 1. The van der Waals surface area contributed by atoms with E-state index >= 15 is 0 Å². The predicted molar refractivity (Wildman–Crippen MR) is 51.0 cm³/mol. The Balaban J connectivity index is 2.18. The minimum absolute atomic E-state index is 0.430. The van der Waals surface area contributed by atoms with Gasteiger partial charge in [-0.3, -0.25) is 4.79 Å². The average Bonchev–Trinajstić information content (AvgIpc) is 2.47. The zero-order chi connectivity index (χ0) is 8.97. The van der Waals surface area contributed by atoms with E-state index in [-0.39, 0.29) is 0 Å². The first-order chi connectivity index (χ1) is 5.74. The van der Waals surface area contributed by atoms with Crippen LogP contribution in [0.2, 0.25) is 0 Å². The summed E-state index contributed by atoms with van der Waals surface area (Å²) in [6.45, 7) is 4.50. The summed E-state index contributed by atoms with van der Waals surface area (Å²) in [5, 5.41) is 0. The van der Waals surface area contributed by atoms with Gasteiger partial charge in [0.1, 0.15) is 5.78 Å². The van der Waals surface area contributed by atoms with Crippen LogP contribution < -0.4 is 0 Å². The summed E-state index contributed by atoms with van der Waals surface area (Å²) >= 11 is 0. The van der Waals surface area contributed by atoms with Crippen molar-refractivity contribution in [2.45, 2.75) is 52.4 Å². The molecule has 0 N–H and O–H groups in total. The minimum Gasteiger partial charge on any atom is -0.299 e. The van der Waals surface area contributed by atoms with Crippen LogP contribution in [0.1, 0.15) is 52.4 Å². The van der Waals surface area contributed by atoms with Crippen molar-refractivity contribution in [1.29, 1.82) is 0 Å². The lowest BCUT2D eigenvalue weighted by Crippen LogP contribution is -2.07. The van der Waals surface area contributed by atoms with Gasteiger partial charge in [0.15, 0.2) is 0 Å². The molecule has 2 atom stereocenters. The molecule has 0 aromatic carbocycles. The molecule has 1 rings (SSSR count). The topological polar surface area (TPSA) is 17.1 Å². The Labute approximate surface area is 75.5 Å². The van der Waals surface area contributed by atoms with Crippen molar-refractivity contribution in [3.8, 4) is 0 Å². The summed E-state index contributed by atoms with van der Waals surface area (Å²) in [5.41, 5.74) is 0. The molecule has 0 radical (unpaired) electrons. The van der Waals surface area contributed by atoms with Crippen molar-refractivity contribution in [2.75, 3.05) is 0 Å². The number of rotatable bonds is 4. The van der Waals surface area contributed by atoms with Crippen molar-refractivity contribution in [2.24, 2.45) is 11.8 Å². The van der Waals surface area contributed by atoms with Gasteiger partial charge in [-0.1, -0.05) is 26.7 Å². The van der Waals surface area contributed by atoms with Gasteiger partial charge < -0.3 is 0 Å². The zero-order valence-electron chi connectivity index (χ0n) is 8.31. The summed E-state index contributed by atoms with van der Waals surface area (Å²) in [5.74, 6) is 1.76. The molecule has 0 amide bonds. The molecule has 0 bridgehead atoms. The van der Waals surface area contributed by atoms with Crippen molar-refractivity contribution in [3.63, 3.8) is 0 Å². The molecule has 70 valence electrons. The second-order valence-electron chi connectivity index (χ2n) is 4.15. The number of hydrogen-bond donors (Lipinski definition) is 0. The Morgan fingerprint density at radius 3 is 2.83 bits per heavy atom. The molecule has 1 fully saturated rings. The fourth-order valence-electron chi connectivity index (χ4n) is 1.88. The van der Waals surface area contributed by atoms with Gasteiger partial charge >= 0.3 is 0 Å². The van der Waals surface area contributed by atoms with Gasteiger partial charge in [-0.05, 0) is 25.2 Å². The molecule has 0 saturated heterocycles. The highest BCUT2D eigenvalue weighted by Crippen LogP contribution is 2.27. The standard InChI is InChI=1S/C11H20O/c1-3-9(2)7-8-10-5-4-6-11(10)12/h9-10H,3-8H2,1-2H3. The third-order valence-electron chi connectivity index (χ3n) is 3.14. The molecule has 0 aromatic rings. The molecular formula is C11H20O. The lowest BCUT2D eigenvalue weighted by Gasteiger charge is -2.11. The molecule has 1 heteroatoms. The molecule has 0 spiro atoms. The van der Waals surface area contributed by atoms with E-state index in [9.17, 15) is 4.79 Å². The van der Waals surface area contributed by atoms with Crippen LogP contribution in [0.25, 0.3) is 0 Å². The molecule has 2 unspecified atom stereocenters. The Hall–Kier alpha value is -0.330. The highest BCUT2D eigenvalue weighted by atomic mass is 16.1. The highest BCUT2D eigenvalue weighted by Gasteiger charge is 2.23. The van der Waals surface area contributed by atoms with Crippen LogP contribution in [-0.2, 0) is 4.79 Å². The maximum Gasteiger partial charge on any atom is 0.135 e. The van der Waals surface area contributed by atoms with Crippen LogP contribution in [0.15, 0.2) is 0 Å². The molecule has 1 aliphatic carbocycles. The summed E-state index contributed by atoms with van der Waals surface area (Å²) in [4.78, 5) is 11.3. The first-order valence-corrected chi connectivity index (χ1v) is 5.26. The molecular weight excluding hydrogens is 148 g/mol. The van der Waals surface area contributed by atoms with Crippen molar-refractivity contribution in [3.05, 3.63) is 0 Å².